The minimum Gasteiger partial charge on any atom is -0.332 e. The Morgan fingerprint density at radius 3 is 1.24 bits per heavy atom. The molecule has 0 bridgehead atoms. The molecule has 121 valence electrons. The van der Waals surface area contributed by atoms with E-state index in [2.05, 4.69) is 9.47 Å². The summed E-state index contributed by atoms with van der Waals surface area (Å²) in [5, 5.41) is 7.86. The third-order valence-electron chi connectivity index (χ3n) is 2.06. The number of rotatable bonds is 1. The van der Waals surface area contributed by atoms with Crippen molar-refractivity contribution in [3.8, 4) is 0 Å². The number of aliphatic hydroxyl groups is 1. The Bertz CT molecular complexity index is 384. The summed E-state index contributed by atoms with van der Waals surface area (Å²) in [6.45, 7) is 0. The van der Waals surface area contributed by atoms with E-state index in [1.54, 1.807) is 0 Å². The fourth-order valence-electron chi connectivity index (χ4n) is 1.16. The van der Waals surface area contributed by atoms with E-state index in [0.29, 0.717) is 0 Å². The fraction of sp³-hybridized carbons (Fsp3) is 1.00. The van der Waals surface area contributed by atoms with E-state index in [4.69, 9.17) is 5.11 Å². The average Bonchev–Trinajstić information content (AvgIpc) is 2.32. The van der Waals surface area contributed by atoms with Crippen LogP contribution in [0.15, 0.2) is 0 Å². The first-order valence-electron chi connectivity index (χ1n) is 4.12. The van der Waals surface area contributed by atoms with Gasteiger partial charge in [-0.1, -0.05) is 0 Å². The molecule has 0 amide bonds. The third-order valence-corrected chi connectivity index (χ3v) is 2.06. The minimum absolute atomic E-state index is 0. The first-order chi connectivity index (χ1) is 8.41. The molecule has 1 aliphatic heterocycles. The molecule has 1 rings (SSSR count). The molecule has 0 aromatic heterocycles. The van der Waals surface area contributed by atoms with E-state index in [9.17, 15) is 48.3 Å². The van der Waals surface area contributed by atoms with E-state index in [-0.39, 0.29) is 29.6 Å². The van der Waals surface area contributed by atoms with E-state index >= 15 is 0 Å². The van der Waals surface area contributed by atoms with Gasteiger partial charge in [0, 0.05) is 29.6 Å². The van der Waals surface area contributed by atoms with E-state index in [1.807, 2.05) is 0 Å². The Morgan fingerprint density at radius 1 is 0.714 bits per heavy atom. The van der Waals surface area contributed by atoms with Crippen molar-refractivity contribution in [3.63, 3.8) is 0 Å². The largest absolute Gasteiger partial charge is 0.458 e. The van der Waals surface area contributed by atoms with Crippen LogP contribution in [0, 0.1) is 0 Å². The van der Waals surface area contributed by atoms with Crippen molar-refractivity contribution >= 4 is 29.6 Å². The second kappa shape index (κ2) is 5.06. The number of ether oxygens (including phenoxy) is 2. The van der Waals surface area contributed by atoms with Gasteiger partial charge in [-0.2, -0.15) is 48.3 Å². The third kappa shape index (κ3) is 2.85. The van der Waals surface area contributed by atoms with Crippen molar-refractivity contribution in [1.82, 2.24) is 0 Å². The van der Waals surface area contributed by atoms with Gasteiger partial charge in [-0.05, 0) is 0 Å². The molecule has 2 unspecified atom stereocenters. The molecule has 0 aromatic rings. The first-order valence-corrected chi connectivity index (χ1v) is 4.12. The van der Waals surface area contributed by atoms with Gasteiger partial charge in [0.15, 0.2) is 0 Å². The zero-order valence-electron chi connectivity index (χ0n) is 9.42. The summed E-state index contributed by atoms with van der Waals surface area (Å²) >= 11 is 0. The predicted octanol–water partition coefficient (Wildman–Crippen LogP) is 2.32. The van der Waals surface area contributed by atoms with Crippen LogP contribution in [0.2, 0.25) is 0 Å². The Kier molecular flexibility index (Phi) is 5.08. The monoisotopic (exact) mass is 353 g/mol. The molecular formula is C6HF11NaO3. The Labute approximate surface area is 129 Å². The fourth-order valence-corrected chi connectivity index (χ4v) is 1.16. The molecule has 1 radical (unpaired) electrons. The Hall–Kier alpha value is 0.110. The van der Waals surface area contributed by atoms with Crippen LogP contribution in [0.25, 0.3) is 0 Å². The second-order valence-electron chi connectivity index (χ2n) is 3.47. The smallest absolute Gasteiger partial charge is 0.332 e. The molecule has 21 heavy (non-hydrogen) atoms. The van der Waals surface area contributed by atoms with E-state index < -0.39 is 36.2 Å². The first kappa shape index (κ1) is 21.1. The minimum atomic E-state index is -6.87. The van der Waals surface area contributed by atoms with Crippen molar-refractivity contribution in [3.05, 3.63) is 0 Å². The normalized spacial score (nSPS) is 33.7. The maximum Gasteiger partial charge on any atom is 0.458 e. The topological polar surface area (TPSA) is 38.7 Å². The van der Waals surface area contributed by atoms with Gasteiger partial charge >= 0.3 is 36.2 Å². The molecule has 0 aromatic carbocycles. The van der Waals surface area contributed by atoms with Crippen LogP contribution in [0.5, 0.6) is 0 Å². The van der Waals surface area contributed by atoms with Crippen molar-refractivity contribution in [2.75, 3.05) is 0 Å². The summed E-state index contributed by atoms with van der Waals surface area (Å²) in [7, 11) is 0. The molecule has 1 heterocycles. The average molecular weight is 353 g/mol. The van der Waals surface area contributed by atoms with Crippen LogP contribution in [0.4, 0.5) is 48.3 Å². The van der Waals surface area contributed by atoms with E-state index in [1.165, 1.54) is 0 Å². The van der Waals surface area contributed by atoms with Crippen molar-refractivity contribution < 1.29 is 62.9 Å². The number of hydrogen-bond acceptors (Lipinski definition) is 3. The SMILES string of the molecule is OC(F)(F)C1(C(F)(F)F)OC(F)(F)C(F)(C(F)(F)F)O1.[Na]. The summed E-state index contributed by atoms with van der Waals surface area (Å²) in [6, 6.07) is 0. The molecule has 15 heteroatoms. The molecule has 1 aliphatic rings. The standard InChI is InChI=1S/C6HF11O3.Na/c7-1(3(8,9)10)6(16,17)20-2(19-1,4(11,12)13)5(14,15)18;/h18H;. The Morgan fingerprint density at radius 2 is 1.10 bits per heavy atom. The van der Waals surface area contributed by atoms with Gasteiger partial charge in [0.05, 0.1) is 0 Å². The molecule has 0 aliphatic carbocycles. The van der Waals surface area contributed by atoms with Gasteiger partial charge in [-0.15, -0.1) is 0 Å². The van der Waals surface area contributed by atoms with Crippen LogP contribution in [-0.2, 0) is 9.47 Å². The summed E-state index contributed by atoms with van der Waals surface area (Å²) in [4.78, 5) is 0. The number of alkyl halides is 11. The molecule has 0 spiro atoms. The van der Waals surface area contributed by atoms with Gasteiger partial charge in [-0.25, -0.2) is 0 Å². The summed E-state index contributed by atoms with van der Waals surface area (Å²) in [6.07, 6.45) is -26.6. The second-order valence-corrected chi connectivity index (χ2v) is 3.47. The zero-order chi connectivity index (χ0) is 16.4. The maximum atomic E-state index is 13.0. The summed E-state index contributed by atoms with van der Waals surface area (Å²) < 4.78 is 140. The van der Waals surface area contributed by atoms with E-state index in [0.717, 1.165) is 0 Å². The summed E-state index contributed by atoms with van der Waals surface area (Å²) in [5.41, 5.74) is 0. The van der Waals surface area contributed by atoms with Gasteiger partial charge in [0.25, 0.3) is 0 Å². The van der Waals surface area contributed by atoms with Crippen LogP contribution < -0.4 is 0 Å². The van der Waals surface area contributed by atoms with Crippen LogP contribution >= 0.6 is 0 Å². The van der Waals surface area contributed by atoms with Crippen molar-refractivity contribution in [2.24, 2.45) is 0 Å². The van der Waals surface area contributed by atoms with Crippen molar-refractivity contribution in [2.45, 2.75) is 36.2 Å². The zero-order valence-corrected chi connectivity index (χ0v) is 11.4. The molecule has 2 atom stereocenters. The summed E-state index contributed by atoms with van der Waals surface area (Å²) in [5.74, 6) is -12.8. The molecule has 0 saturated carbocycles. The van der Waals surface area contributed by atoms with Gasteiger partial charge in [0.1, 0.15) is 0 Å². The van der Waals surface area contributed by atoms with Gasteiger partial charge in [-0.3, -0.25) is 9.47 Å². The van der Waals surface area contributed by atoms with Crippen LogP contribution in [0.3, 0.4) is 0 Å². The van der Waals surface area contributed by atoms with Crippen molar-refractivity contribution in [1.29, 1.82) is 0 Å². The van der Waals surface area contributed by atoms with Crippen LogP contribution in [-0.4, -0.2) is 70.9 Å². The molecule has 1 fully saturated rings. The van der Waals surface area contributed by atoms with Gasteiger partial charge in [0.2, 0.25) is 0 Å². The molecule has 3 nitrogen and oxygen atoms in total. The van der Waals surface area contributed by atoms with Gasteiger partial charge < -0.3 is 5.11 Å². The Balaban J connectivity index is 0.00000400. The quantitative estimate of drug-likeness (QED) is 0.581. The number of hydrogen-bond donors (Lipinski definition) is 1. The molecular weight excluding hydrogens is 352 g/mol. The maximum absolute atomic E-state index is 13.0. The number of halogens is 11. The van der Waals surface area contributed by atoms with Crippen LogP contribution in [0.1, 0.15) is 0 Å². The molecule has 1 N–H and O–H groups in total. The molecule has 1 saturated heterocycles. The predicted molar refractivity (Wildman–Crippen MR) is 38.7 cm³/mol.